The first-order chi connectivity index (χ1) is 8.45. The fourth-order valence-corrected chi connectivity index (χ4v) is 2.64. The van der Waals surface area contributed by atoms with Crippen LogP contribution in [0.1, 0.15) is 5.56 Å². The molecule has 0 spiro atoms. The van der Waals surface area contributed by atoms with Gasteiger partial charge in [0.1, 0.15) is 5.82 Å². The van der Waals surface area contributed by atoms with Crippen LogP contribution in [0.25, 0.3) is 0 Å². The van der Waals surface area contributed by atoms with Crippen molar-refractivity contribution in [2.24, 2.45) is 0 Å². The molecule has 1 aromatic heterocycles. The number of nitrogens with two attached hydrogens (primary N) is 1. The number of hydrogen-bond donors (Lipinski definition) is 1. The summed E-state index contributed by atoms with van der Waals surface area (Å²) < 4.78 is 15.7. The van der Waals surface area contributed by atoms with Crippen molar-refractivity contribution in [3.63, 3.8) is 0 Å². The van der Waals surface area contributed by atoms with E-state index in [1.807, 2.05) is 0 Å². The summed E-state index contributed by atoms with van der Waals surface area (Å²) >= 11 is 6.35. The zero-order valence-electron chi connectivity index (χ0n) is 9.16. The molecule has 18 heavy (non-hydrogen) atoms. The maximum atomic E-state index is 13.2. The average Bonchev–Trinajstić information content (AvgIpc) is 2.23. The molecule has 0 saturated carbocycles. The lowest BCUT2D eigenvalue weighted by Gasteiger charge is -2.08. The van der Waals surface area contributed by atoms with E-state index >= 15 is 0 Å². The number of aromatic nitrogens is 1. The van der Waals surface area contributed by atoms with Gasteiger partial charge in [0.2, 0.25) is 0 Å². The fraction of sp³-hybridized carbons (Fsp3) is 0.0833. The van der Waals surface area contributed by atoms with Gasteiger partial charge in [-0.25, -0.2) is 4.39 Å². The standard InChI is InChI=1S/C12H9Br2FN2O/c13-8-1-7(2-9(15)3-8)5-17-6-10(16)4-11(14)12(17)18/h1-4,6H,5,16H2. The van der Waals surface area contributed by atoms with Crippen LogP contribution in [0.5, 0.6) is 0 Å². The SMILES string of the molecule is Nc1cc(Br)c(=O)n(Cc2cc(F)cc(Br)c2)c1. The molecule has 0 radical (unpaired) electrons. The van der Waals surface area contributed by atoms with Gasteiger partial charge in [-0.2, -0.15) is 0 Å². The summed E-state index contributed by atoms with van der Waals surface area (Å²) in [4.78, 5) is 11.9. The summed E-state index contributed by atoms with van der Waals surface area (Å²) in [6.45, 7) is 0.263. The predicted octanol–water partition coefficient (Wildman–Crippen LogP) is 3.14. The van der Waals surface area contributed by atoms with Crippen molar-refractivity contribution in [1.29, 1.82) is 0 Å². The lowest BCUT2D eigenvalue weighted by molar-refractivity contribution is 0.621. The van der Waals surface area contributed by atoms with Crippen LogP contribution in [0.2, 0.25) is 0 Å². The van der Waals surface area contributed by atoms with Gasteiger partial charge in [0, 0.05) is 16.4 Å². The number of benzene rings is 1. The van der Waals surface area contributed by atoms with Crippen LogP contribution >= 0.6 is 31.9 Å². The molecule has 1 heterocycles. The minimum atomic E-state index is -0.351. The number of halogens is 3. The lowest BCUT2D eigenvalue weighted by Crippen LogP contribution is -2.21. The van der Waals surface area contributed by atoms with Crippen LogP contribution in [-0.4, -0.2) is 4.57 Å². The Hall–Kier alpha value is -1.14. The summed E-state index contributed by atoms with van der Waals surface area (Å²) in [5.74, 6) is -0.351. The molecule has 94 valence electrons. The van der Waals surface area contributed by atoms with Crippen molar-refractivity contribution in [3.8, 4) is 0 Å². The van der Waals surface area contributed by atoms with Gasteiger partial charge in [0.05, 0.1) is 11.0 Å². The Morgan fingerprint density at radius 3 is 2.61 bits per heavy atom. The summed E-state index contributed by atoms with van der Waals surface area (Å²) in [6, 6.07) is 6.04. The molecule has 2 N–H and O–H groups in total. The number of hydrogen-bond acceptors (Lipinski definition) is 2. The minimum absolute atomic E-state index is 0.204. The van der Waals surface area contributed by atoms with Crippen molar-refractivity contribution >= 4 is 37.5 Å². The van der Waals surface area contributed by atoms with Gasteiger partial charge in [-0.1, -0.05) is 15.9 Å². The highest BCUT2D eigenvalue weighted by atomic mass is 79.9. The number of pyridine rings is 1. The monoisotopic (exact) mass is 374 g/mol. The molecule has 0 aliphatic rings. The molecule has 2 rings (SSSR count). The highest BCUT2D eigenvalue weighted by Crippen LogP contribution is 2.16. The van der Waals surface area contributed by atoms with Crippen molar-refractivity contribution < 1.29 is 4.39 Å². The quantitative estimate of drug-likeness (QED) is 0.876. The Labute approximate surface area is 120 Å². The first-order valence-electron chi connectivity index (χ1n) is 5.06. The molecule has 0 aliphatic carbocycles. The molecule has 6 heteroatoms. The molecule has 0 saturated heterocycles. The number of nitrogen functional groups attached to an aromatic ring is 1. The zero-order valence-corrected chi connectivity index (χ0v) is 12.3. The van der Waals surface area contributed by atoms with Crippen molar-refractivity contribution in [1.82, 2.24) is 4.57 Å². The average molecular weight is 376 g/mol. The van der Waals surface area contributed by atoms with Crippen molar-refractivity contribution in [2.75, 3.05) is 5.73 Å². The van der Waals surface area contributed by atoms with Gasteiger partial charge in [-0.05, 0) is 45.8 Å². The van der Waals surface area contributed by atoms with E-state index in [0.717, 1.165) is 0 Å². The third kappa shape index (κ3) is 3.00. The molecule has 0 bridgehead atoms. The Kier molecular flexibility index (Phi) is 3.87. The summed E-state index contributed by atoms with van der Waals surface area (Å²) in [7, 11) is 0. The molecule has 2 aromatic rings. The summed E-state index contributed by atoms with van der Waals surface area (Å²) in [5.41, 5.74) is 6.62. The van der Waals surface area contributed by atoms with Crippen LogP contribution in [0.4, 0.5) is 10.1 Å². The third-order valence-electron chi connectivity index (χ3n) is 2.34. The molecule has 0 unspecified atom stereocenters. The fourth-order valence-electron chi connectivity index (χ4n) is 1.64. The van der Waals surface area contributed by atoms with Gasteiger partial charge >= 0.3 is 0 Å². The van der Waals surface area contributed by atoms with Gasteiger partial charge in [-0.15, -0.1) is 0 Å². The second-order valence-corrected chi connectivity index (χ2v) is 5.60. The predicted molar refractivity (Wildman–Crippen MR) is 76.0 cm³/mol. The van der Waals surface area contributed by atoms with E-state index in [1.165, 1.54) is 22.9 Å². The summed E-state index contributed by atoms with van der Waals surface area (Å²) in [5, 5.41) is 0. The lowest BCUT2D eigenvalue weighted by atomic mass is 10.2. The number of anilines is 1. The van der Waals surface area contributed by atoms with E-state index in [4.69, 9.17) is 5.73 Å². The van der Waals surface area contributed by atoms with Crippen LogP contribution in [0.3, 0.4) is 0 Å². The largest absolute Gasteiger partial charge is 0.398 e. The highest BCUT2D eigenvalue weighted by Gasteiger charge is 2.05. The highest BCUT2D eigenvalue weighted by molar-refractivity contribution is 9.10. The van der Waals surface area contributed by atoms with Crippen molar-refractivity contribution in [2.45, 2.75) is 6.54 Å². The van der Waals surface area contributed by atoms with Crippen molar-refractivity contribution in [3.05, 3.63) is 61.1 Å². The Morgan fingerprint density at radius 2 is 1.94 bits per heavy atom. The van der Waals surface area contributed by atoms with Crippen LogP contribution in [0, 0.1) is 5.82 Å². The van der Waals surface area contributed by atoms with E-state index in [9.17, 15) is 9.18 Å². The smallest absolute Gasteiger partial charge is 0.265 e. The number of rotatable bonds is 2. The first kappa shape index (κ1) is 13.3. The Bertz CT molecular complexity index is 635. The second kappa shape index (κ2) is 5.24. The molecule has 0 fully saturated rings. The molecule has 0 amide bonds. The molecule has 0 aliphatic heterocycles. The van der Waals surface area contributed by atoms with Gasteiger partial charge < -0.3 is 10.3 Å². The first-order valence-corrected chi connectivity index (χ1v) is 6.65. The second-order valence-electron chi connectivity index (χ2n) is 3.83. The Morgan fingerprint density at radius 1 is 1.22 bits per heavy atom. The molecule has 3 nitrogen and oxygen atoms in total. The summed E-state index contributed by atoms with van der Waals surface area (Å²) in [6.07, 6.45) is 1.53. The topological polar surface area (TPSA) is 48.0 Å². The third-order valence-corrected chi connectivity index (χ3v) is 3.36. The molecule has 1 aromatic carbocycles. The maximum Gasteiger partial charge on any atom is 0.265 e. The number of nitrogens with zero attached hydrogens (tertiary/aromatic N) is 1. The van der Waals surface area contributed by atoms with E-state index < -0.39 is 0 Å². The van der Waals surface area contributed by atoms with E-state index in [2.05, 4.69) is 31.9 Å². The van der Waals surface area contributed by atoms with E-state index in [1.54, 1.807) is 12.1 Å². The van der Waals surface area contributed by atoms with E-state index in [0.29, 0.717) is 20.2 Å². The molecular formula is C12H9Br2FN2O. The Balaban J connectivity index is 2.43. The molecular weight excluding hydrogens is 367 g/mol. The van der Waals surface area contributed by atoms with Gasteiger partial charge in [-0.3, -0.25) is 4.79 Å². The van der Waals surface area contributed by atoms with Gasteiger partial charge in [0.25, 0.3) is 5.56 Å². The normalized spacial score (nSPS) is 10.6. The van der Waals surface area contributed by atoms with Crippen LogP contribution in [0.15, 0.2) is 44.2 Å². The van der Waals surface area contributed by atoms with E-state index in [-0.39, 0.29) is 17.9 Å². The van der Waals surface area contributed by atoms with Crippen LogP contribution in [-0.2, 0) is 6.54 Å². The maximum absolute atomic E-state index is 13.2. The molecule has 0 atom stereocenters. The van der Waals surface area contributed by atoms with Gasteiger partial charge in [0.15, 0.2) is 0 Å². The van der Waals surface area contributed by atoms with Crippen LogP contribution < -0.4 is 11.3 Å². The zero-order chi connectivity index (χ0) is 13.3. The minimum Gasteiger partial charge on any atom is -0.398 e.